The molecule has 29 heavy (non-hydrogen) atoms. The fourth-order valence-electron chi connectivity index (χ4n) is 4.91. The van der Waals surface area contributed by atoms with E-state index in [1.807, 2.05) is 43.9 Å². The van der Waals surface area contributed by atoms with Gasteiger partial charge in [0.25, 0.3) is 0 Å². The quantitative estimate of drug-likeness (QED) is 0.847. The summed E-state index contributed by atoms with van der Waals surface area (Å²) >= 11 is 0. The highest BCUT2D eigenvalue weighted by molar-refractivity contribution is 5.85. The Morgan fingerprint density at radius 1 is 1.24 bits per heavy atom. The maximum atomic E-state index is 13.5. The van der Waals surface area contributed by atoms with Gasteiger partial charge in [0, 0.05) is 50.3 Å². The van der Waals surface area contributed by atoms with Crippen LogP contribution in [0.2, 0.25) is 0 Å². The third kappa shape index (κ3) is 4.12. The van der Waals surface area contributed by atoms with E-state index < -0.39 is 10.8 Å². The van der Waals surface area contributed by atoms with Gasteiger partial charge in [-0.3, -0.25) is 9.59 Å². The van der Waals surface area contributed by atoms with Crippen LogP contribution in [-0.4, -0.2) is 54.4 Å². The van der Waals surface area contributed by atoms with Crippen LogP contribution >= 0.6 is 0 Å². The Hall–Kier alpha value is -2.11. The number of pyridine rings is 1. The molecular formula is C23H34N4O2. The molecule has 158 valence electrons. The highest BCUT2D eigenvalue weighted by Gasteiger charge is 2.54. The van der Waals surface area contributed by atoms with Gasteiger partial charge >= 0.3 is 0 Å². The van der Waals surface area contributed by atoms with Gasteiger partial charge in [0.2, 0.25) is 11.8 Å². The molecule has 0 radical (unpaired) electrons. The number of hydrogen-bond acceptors (Lipinski definition) is 4. The lowest BCUT2D eigenvalue weighted by molar-refractivity contribution is -0.141. The standard InChI is InChI=1S/C23H34N4O2/c1-22(2,3)21(29)26-12-6-10-23(20(28)25-13-17-8-9-17)16-27(15-18(23)14-26)19-7-4-5-11-24-19/h4-5,7,11,17-18H,6,8-10,12-16H2,1-3H3,(H,25,28)/t18-,23+/m0/s1. The minimum atomic E-state index is -0.445. The summed E-state index contributed by atoms with van der Waals surface area (Å²) in [6, 6.07) is 5.92. The first-order chi connectivity index (χ1) is 13.8. The molecule has 4 rings (SSSR count). The third-order valence-electron chi connectivity index (χ3n) is 6.79. The van der Waals surface area contributed by atoms with E-state index in [1.165, 1.54) is 12.8 Å². The largest absolute Gasteiger partial charge is 0.355 e. The van der Waals surface area contributed by atoms with Gasteiger partial charge in [-0.1, -0.05) is 26.8 Å². The zero-order valence-corrected chi connectivity index (χ0v) is 18.0. The van der Waals surface area contributed by atoms with Crippen molar-refractivity contribution in [3.05, 3.63) is 24.4 Å². The molecule has 0 bridgehead atoms. The van der Waals surface area contributed by atoms with Crippen LogP contribution in [0, 0.1) is 22.7 Å². The van der Waals surface area contributed by atoms with Crippen molar-refractivity contribution in [1.82, 2.24) is 15.2 Å². The van der Waals surface area contributed by atoms with Gasteiger partial charge in [0.15, 0.2) is 0 Å². The normalized spacial score (nSPS) is 27.3. The molecule has 0 unspecified atom stereocenters. The predicted molar refractivity (Wildman–Crippen MR) is 113 cm³/mol. The van der Waals surface area contributed by atoms with Crippen molar-refractivity contribution in [3.8, 4) is 0 Å². The SMILES string of the molecule is CC(C)(C)C(=O)N1CCC[C@@]2(C(=O)NCC3CC3)CN(c3ccccn3)C[C@@H]2C1. The summed E-state index contributed by atoms with van der Waals surface area (Å²) in [6.45, 7) is 9.57. The maximum Gasteiger partial charge on any atom is 0.228 e. The molecule has 1 N–H and O–H groups in total. The molecule has 6 nitrogen and oxygen atoms in total. The molecule has 3 heterocycles. The van der Waals surface area contributed by atoms with Gasteiger partial charge in [0.05, 0.1) is 5.41 Å². The van der Waals surface area contributed by atoms with Crippen molar-refractivity contribution >= 4 is 17.6 Å². The first-order valence-electron chi connectivity index (χ1n) is 11.0. The fourth-order valence-corrected chi connectivity index (χ4v) is 4.91. The summed E-state index contributed by atoms with van der Waals surface area (Å²) in [7, 11) is 0. The molecule has 3 aliphatic rings. The molecule has 2 aliphatic heterocycles. The Kier molecular flexibility index (Phi) is 5.30. The van der Waals surface area contributed by atoms with E-state index in [-0.39, 0.29) is 17.7 Å². The average Bonchev–Trinajstić information content (AvgIpc) is 3.48. The van der Waals surface area contributed by atoms with Gasteiger partial charge in [-0.25, -0.2) is 4.98 Å². The lowest BCUT2D eigenvalue weighted by Gasteiger charge is -2.34. The number of amides is 2. The second-order valence-corrected chi connectivity index (χ2v) is 10.2. The van der Waals surface area contributed by atoms with E-state index in [2.05, 4.69) is 15.2 Å². The minimum absolute atomic E-state index is 0.123. The van der Waals surface area contributed by atoms with E-state index in [1.54, 1.807) is 6.20 Å². The van der Waals surface area contributed by atoms with Crippen LogP contribution in [0.1, 0.15) is 46.5 Å². The van der Waals surface area contributed by atoms with Gasteiger partial charge in [0.1, 0.15) is 5.82 Å². The molecule has 2 amide bonds. The van der Waals surface area contributed by atoms with Crippen LogP contribution in [0.25, 0.3) is 0 Å². The Morgan fingerprint density at radius 2 is 2.03 bits per heavy atom. The summed E-state index contributed by atoms with van der Waals surface area (Å²) in [6.07, 6.45) is 5.95. The van der Waals surface area contributed by atoms with Gasteiger partial charge in [-0.15, -0.1) is 0 Å². The van der Waals surface area contributed by atoms with Crippen LogP contribution < -0.4 is 10.2 Å². The fraction of sp³-hybridized carbons (Fsp3) is 0.696. The molecule has 2 saturated heterocycles. The Balaban J connectivity index is 1.59. The number of nitrogens with zero attached hydrogens (tertiary/aromatic N) is 3. The summed E-state index contributed by atoms with van der Waals surface area (Å²) in [5.41, 5.74) is -0.847. The summed E-state index contributed by atoms with van der Waals surface area (Å²) < 4.78 is 0. The molecule has 6 heteroatoms. The molecule has 2 atom stereocenters. The molecule has 1 aromatic rings. The van der Waals surface area contributed by atoms with E-state index in [0.29, 0.717) is 19.0 Å². The van der Waals surface area contributed by atoms with Crippen LogP contribution in [0.15, 0.2) is 24.4 Å². The smallest absolute Gasteiger partial charge is 0.228 e. The van der Waals surface area contributed by atoms with Crippen LogP contribution in [-0.2, 0) is 9.59 Å². The summed E-state index contributed by atoms with van der Waals surface area (Å²) in [5, 5.41) is 3.26. The van der Waals surface area contributed by atoms with Crippen molar-refractivity contribution in [2.75, 3.05) is 37.6 Å². The number of nitrogens with one attached hydrogen (secondary N) is 1. The first-order valence-corrected chi connectivity index (χ1v) is 11.0. The van der Waals surface area contributed by atoms with Gasteiger partial charge in [-0.2, -0.15) is 0 Å². The number of anilines is 1. The van der Waals surface area contributed by atoms with E-state index in [9.17, 15) is 9.59 Å². The number of fused-ring (bicyclic) bond motifs is 1. The number of hydrogen-bond donors (Lipinski definition) is 1. The number of aromatic nitrogens is 1. The summed E-state index contributed by atoms with van der Waals surface area (Å²) in [4.78, 5) is 35.3. The van der Waals surface area contributed by atoms with Crippen molar-refractivity contribution in [2.24, 2.45) is 22.7 Å². The molecular weight excluding hydrogens is 364 g/mol. The van der Waals surface area contributed by atoms with Crippen molar-refractivity contribution in [3.63, 3.8) is 0 Å². The number of carbonyl (C=O) groups is 2. The highest BCUT2D eigenvalue weighted by atomic mass is 16.2. The second kappa shape index (κ2) is 7.62. The highest BCUT2D eigenvalue weighted by Crippen LogP contribution is 2.44. The molecule has 1 saturated carbocycles. The maximum absolute atomic E-state index is 13.5. The molecule has 3 fully saturated rings. The molecule has 0 aromatic carbocycles. The number of rotatable bonds is 4. The van der Waals surface area contributed by atoms with E-state index in [4.69, 9.17) is 0 Å². The van der Waals surface area contributed by atoms with Crippen molar-refractivity contribution < 1.29 is 9.59 Å². The van der Waals surface area contributed by atoms with Crippen molar-refractivity contribution in [1.29, 1.82) is 0 Å². The zero-order valence-electron chi connectivity index (χ0n) is 18.0. The van der Waals surface area contributed by atoms with E-state index >= 15 is 0 Å². The zero-order chi connectivity index (χ0) is 20.6. The molecule has 1 aromatic heterocycles. The Bertz CT molecular complexity index is 756. The Labute approximate surface area is 174 Å². The number of carbonyl (C=O) groups excluding carboxylic acids is 2. The monoisotopic (exact) mass is 398 g/mol. The van der Waals surface area contributed by atoms with Gasteiger partial charge in [-0.05, 0) is 43.7 Å². The lowest BCUT2D eigenvalue weighted by Crippen LogP contribution is -2.49. The van der Waals surface area contributed by atoms with Gasteiger partial charge < -0.3 is 15.1 Å². The second-order valence-electron chi connectivity index (χ2n) is 10.2. The lowest BCUT2D eigenvalue weighted by atomic mass is 9.74. The topological polar surface area (TPSA) is 65.5 Å². The third-order valence-corrected chi connectivity index (χ3v) is 6.79. The Morgan fingerprint density at radius 3 is 2.69 bits per heavy atom. The van der Waals surface area contributed by atoms with Crippen LogP contribution in [0.3, 0.4) is 0 Å². The van der Waals surface area contributed by atoms with E-state index in [0.717, 1.165) is 38.3 Å². The van der Waals surface area contributed by atoms with Crippen LogP contribution in [0.4, 0.5) is 5.82 Å². The predicted octanol–water partition coefficient (Wildman–Crippen LogP) is 2.70. The summed E-state index contributed by atoms with van der Waals surface area (Å²) in [5.74, 6) is 2.06. The molecule has 0 spiro atoms. The first kappa shape index (κ1) is 20.2. The van der Waals surface area contributed by atoms with Crippen LogP contribution in [0.5, 0.6) is 0 Å². The van der Waals surface area contributed by atoms with Crippen molar-refractivity contribution in [2.45, 2.75) is 46.5 Å². The minimum Gasteiger partial charge on any atom is -0.355 e. The average molecular weight is 399 g/mol. The molecule has 1 aliphatic carbocycles. The number of likely N-dealkylation sites (tertiary alicyclic amines) is 1.